The van der Waals surface area contributed by atoms with Crippen molar-refractivity contribution in [2.24, 2.45) is 0 Å². The number of nitrogens with zero attached hydrogens (tertiary/aromatic N) is 1. The lowest BCUT2D eigenvalue weighted by Crippen LogP contribution is -2.38. The molecule has 0 aliphatic heterocycles. The van der Waals surface area contributed by atoms with Crippen LogP contribution in [-0.4, -0.2) is 49.9 Å². The highest BCUT2D eigenvalue weighted by Gasteiger charge is 2.21. The Morgan fingerprint density at radius 3 is 2.62 bits per heavy atom. The molecule has 2 amide bonds. The fourth-order valence-corrected chi connectivity index (χ4v) is 1.98. The maximum Gasteiger partial charge on any atom is 0.375 e. The van der Waals surface area contributed by atoms with E-state index in [1.54, 1.807) is 27.1 Å². The normalized spacial score (nSPS) is 10.5. The molecule has 1 aromatic carbocycles. The van der Waals surface area contributed by atoms with Gasteiger partial charge in [0.25, 0.3) is 5.91 Å². The molecule has 0 aliphatic rings. The summed E-state index contributed by atoms with van der Waals surface area (Å²) in [4.78, 5) is 36.2. The largest absolute Gasteiger partial charge is 0.450 e. The molecule has 1 aromatic heterocycles. The number of aryl methyl sites for hydroxylation is 1. The second kappa shape index (κ2) is 7.12. The van der Waals surface area contributed by atoms with Crippen molar-refractivity contribution < 1.29 is 27.9 Å². The van der Waals surface area contributed by atoms with E-state index >= 15 is 0 Å². The van der Waals surface area contributed by atoms with Crippen molar-refractivity contribution in [2.45, 2.75) is 6.92 Å². The van der Waals surface area contributed by atoms with E-state index in [2.05, 4.69) is 5.32 Å². The van der Waals surface area contributed by atoms with Crippen molar-refractivity contribution in [3.05, 3.63) is 35.3 Å². The lowest BCUT2D eigenvalue weighted by molar-refractivity contribution is -0.131. The molecule has 0 atom stereocenters. The van der Waals surface area contributed by atoms with Gasteiger partial charge in [0.1, 0.15) is 0 Å². The summed E-state index contributed by atoms with van der Waals surface area (Å²) >= 11 is 0. The highest BCUT2D eigenvalue weighted by atomic mass is 19.1. The first-order valence-electron chi connectivity index (χ1n) is 7.13. The Hall–Kier alpha value is -2.90. The van der Waals surface area contributed by atoms with E-state index in [1.165, 1.54) is 17.0 Å². The summed E-state index contributed by atoms with van der Waals surface area (Å²) in [5.41, 5.74) is 0.390. The second-order valence-corrected chi connectivity index (χ2v) is 5.31. The van der Waals surface area contributed by atoms with Gasteiger partial charge in [-0.05, 0) is 13.0 Å². The highest BCUT2D eigenvalue weighted by Crippen LogP contribution is 2.27. The maximum atomic E-state index is 13.7. The van der Waals surface area contributed by atoms with E-state index in [4.69, 9.17) is 9.15 Å². The van der Waals surface area contributed by atoms with Crippen LogP contribution < -0.4 is 5.32 Å². The minimum Gasteiger partial charge on any atom is -0.450 e. The monoisotopic (exact) mass is 336 g/mol. The van der Waals surface area contributed by atoms with Gasteiger partial charge in [-0.25, -0.2) is 9.18 Å². The fraction of sp³-hybridized carbons (Fsp3) is 0.312. The molecule has 0 saturated carbocycles. The number of nitrogens with one attached hydrogen (secondary N) is 1. The SMILES string of the molecule is Cc1c(C(=O)OCC(=O)NCC(=O)N(C)C)oc2c(F)cccc12. The number of esters is 1. The Kier molecular flexibility index (Phi) is 5.18. The van der Waals surface area contributed by atoms with Crippen molar-refractivity contribution >= 4 is 28.8 Å². The molecule has 0 radical (unpaired) electrons. The number of furan rings is 1. The number of amides is 2. The molecule has 0 unspecified atom stereocenters. The van der Waals surface area contributed by atoms with Gasteiger partial charge >= 0.3 is 5.97 Å². The summed E-state index contributed by atoms with van der Waals surface area (Å²) in [5.74, 6) is -2.55. The molecule has 0 saturated heterocycles. The maximum absolute atomic E-state index is 13.7. The number of likely N-dealkylation sites (N-methyl/N-ethyl adjacent to an activating group) is 1. The van der Waals surface area contributed by atoms with Crippen LogP contribution in [-0.2, 0) is 14.3 Å². The summed E-state index contributed by atoms with van der Waals surface area (Å²) in [7, 11) is 3.11. The molecule has 2 rings (SSSR count). The third-order valence-electron chi connectivity index (χ3n) is 3.37. The zero-order valence-corrected chi connectivity index (χ0v) is 13.5. The van der Waals surface area contributed by atoms with Crippen LogP contribution in [0.15, 0.2) is 22.6 Å². The van der Waals surface area contributed by atoms with Crippen LogP contribution in [0.4, 0.5) is 4.39 Å². The summed E-state index contributed by atoms with van der Waals surface area (Å²) in [6.07, 6.45) is 0. The van der Waals surface area contributed by atoms with Crippen LogP contribution in [0.2, 0.25) is 0 Å². The molecular weight excluding hydrogens is 319 g/mol. The molecule has 2 aromatic rings. The van der Waals surface area contributed by atoms with Gasteiger partial charge in [0, 0.05) is 25.0 Å². The number of rotatable bonds is 5. The molecule has 0 spiro atoms. The van der Waals surface area contributed by atoms with Gasteiger partial charge in [0.2, 0.25) is 11.7 Å². The van der Waals surface area contributed by atoms with E-state index in [1.807, 2.05) is 0 Å². The number of ether oxygens (including phenoxy) is 1. The first-order valence-corrected chi connectivity index (χ1v) is 7.13. The van der Waals surface area contributed by atoms with Crippen LogP contribution in [0, 0.1) is 12.7 Å². The molecule has 7 nitrogen and oxygen atoms in total. The average Bonchev–Trinajstić information content (AvgIpc) is 2.89. The number of carbonyl (C=O) groups excluding carboxylic acids is 3. The van der Waals surface area contributed by atoms with Crippen molar-refractivity contribution in [3.63, 3.8) is 0 Å². The van der Waals surface area contributed by atoms with Crippen LogP contribution >= 0.6 is 0 Å². The Bertz CT molecular complexity index is 797. The van der Waals surface area contributed by atoms with Gasteiger partial charge in [-0.1, -0.05) is 12.1 Å². The highest BCUT2D eigenvalue weighted by molar-refractivity contribution is 5.97. The van der Waals surface area contributed by atoms with Gasteiger partial charge in [0.05, 0.1) is 6.54 Å². The van der Waals surface area contributed by atoms with Crippen LogP contribution in [0.25, 0.3) is 11.0 Å². The molecule has 8 heteroatoms. The van der Waals surface area contributed by atoms with E-state index in [-0.39, 0.29) is 23.8 Å². The Balaban J connectivity index is 1.98. The smallest absolute Gasteiger partial charge is 0.375 e. The molecular formula is C16H17FN2O5. The van der Waals surface area contributed by atoms with Crippen molar-refractivity contribution in [1.29, 1.82) is 0 Å². The van der Waals surface area contributed by atoms with E-state index in [9.17, 15) is 18.8 Å². The van der Waals surface area contributed by atoms with Gasteiger partial charge in [-0.2, -0.15) is 0 Å². The standard InChI is InChI=1S/C16H17FN2O5/c1-9-10-5-4-6-11(17)15(10)24-14(9)16(22)23-8-12(20)18-7-13(21)19(2)3/h4-6H,7-8H2,1-3H3,(H,18,20). The minimum absolute atomic E-state index is 0.0389. The molecule has 24 heavy (non-hydrogen) atoms. The first-order chi connectivity index (χ1) is 11.3. The Morgan fingerprint density at radius 2 is 2.00 bits per heavy atom. The number of hydrogen-bond donors (Lipinski definition) is 1. The summed E-state index contributed by atoms with van der Waals surface area (Å²) in [6, 6.07) is 4.34. The molecule has 0 aliphatic carbocycles. The number of carbonyl (C=O) groups is 3. The fourth-order valence-electron chi connectivity index (χ4n) is 1.98. The average molecular weight is 336 g/mol. The molecule has 1 N–H and O–H groups in total. The van der Waals surface area contributed by atoms with Crippen molar-refractivity contribution in [1.82, 2.24) is 10.2 Å². The Morgan fingerprint density at radius 1 is 1.29 bits per heavy atom. The molecule has 0 fully saturated rings. The quantitative estimate of drug-likeness (QED) is 0.830. The van der Waals surface area contributed by atoms with E-state index in [0.29, 0.717) is 10.9 Å². The van der Waals surface area contributed by atoms with E-state index < -0.39 is 24.3 Å². The van der Waals surface area contributed by atoms with Crippen LogP contribution in [0.5, 0.6) is 0 Å². The summed E-state index contributed by atoms with van der Waals surface area (Å²) in [5, 5.41) is 2.78. The number of para-hydroxylation sites is 1. The number of halogens is 1. The molecule has 1 heterocycles. The topological polar surface area (TPSA) is 88.8 Å². The number of benzene rings is 1. The van der Waals surface area contributed by atoms with Crippen molar-refractivity contribution in [2.75, 3.05) is 27.2 Å². The zero-order chi connectivity index (χ0) is 17.9. The van der Waals surface area contributed by atoms with Gasteiger partial charge in [0.15, 0.2) is 18.0 Å². The number of fused-ring (bicyclic) bond motifs is 1. The predicted molar refractivity (Wildman–Crippen MR) is 82.9 cm³/mol. The molecule has 128 valence electrons. The molecule has 0 bridgehead atoms. The van der Waals surface area contributed by atoms with E-state index in [0.717, 1.165) is 0 Å². The lowest BCUT2D eigenvalue weighted by atomic mass is 10.1. The third kappa shape index (κ3) is 3.70. The lowest BCUT2D eigenvalue weighted by Gasteiger charge is -2.10. The second-order valence-electron chi connectivity index (χ2n) is 5.31. The first kappa shape index (κ1) is 17.5. The van der Waals surface area contributed by atoms with Gasteiger partial charge in [-0.3, -0.25) is 9.59 Å². The Labute approximate surface area is 137 Å². The number of hydrogen-bond acceptors (Lipinski definition) is 5. The summed E-state index contributed by atoms with van der Waals surface area (Å²) < 4.78 is 23.7. The third-order valence-corrected chi connectivity index (χ3v) is 3.37. The minimum atomic E-state index is -0.878. The van der Waals surface area contributed by atoms with Crippen LogP contribution in [0.1, 0.15) is 16.1 Å². The summed E-state index contributed by atoms with van der Waals surface area (Å²) in [6.45, 7) is 0.828. The van der Waals surface area contributed by atoms with Crippen molar-refractivity contribution in [3.8, 4) is 0 Å². The van der Waals surface area contributed by atoms with Gasteiger partial charge < -0.3 is 19.4 Å². The van der Waals surface area contributed by atoms with Gasteiger partial charge in [-0.15, -0.1) is 0 Å². The zero-order valence-electron chi connectivity index (χ0n) is 13.5. The predicted octanol–water partition coefficient (Wildman–Crippen LogP) is 1.24. The van der Waals surface area contributed by atoms with Crippen LogP contribution in [0.3, 0.4) is 0 Å².